The minimum Gasteiger partial charge on any atom is -0.497 e. The van der Waals surface area contributed by atoms with Crippen LogP contribution in [0.25, 0.3) is 10.9 Å². The molecule has 1 aromatic heterocycles. The van der Waals surface area contributed by atoms with Crippen molar-refractivity contribution in [1.82, 2.24) is 4.57 Å². The van der Waals surface area contributed by atoms with Crippen molar-refractivity contribution in [3.05, 3.63) is 30.0 Å². The Kier molecular flexibility index (Phi) is 4.13. The molecule has 0 aliphatic heterocycles. The smallest absolute Gasteiger partial charge is 0.323 e. The largest absolute Gasteiger partial charge is 0.497 e. The number of hydrogen-bond acceptors (Lipinski definition) is 4. The number of rotatable bonds is 6. The molecule has 0 aliphatic carbocycles. The lowest BCUT2D eigenvalue weighted by atomic mass is 10.1. The van der Waals surface area contributed by atoms with Gasteiger partial charge in [0, 0.05) is 23.5 Å². The van der Waals surface area contributed by atoms with Crippen molar-refractivity contribution in [1.29, 1.82) is 0 Å². The molecule has 0 amide bonds. The fourth-order valence-electron chi connectivity index (χ4n) is 2.24. The van der Waals surface area contributed by atoms with Crippen molar-refractivity contribution in [2.24, 2.45) is 5.73 Å². The molecule has 0 radical (unpaired) electrons. The molecule has 2 rings (SSSR count). The number of carboxylic acid groups (broad SMARTS) is 2. The van der Waals surface area contributed by atoms with E-state index in [9.17, 15) is 9.59 Å². The Balaban J connectivity index is 2.51. The molecule has 0 unspecified atom stereocenters. The number of aliphatic carboxylic acids is 2. The third-order valence-electron chi connectivity index (χ3n) is 3.23. The highest BCUT2D eigenvalue weighted by molar-refractivity contribution is 5.87. The maximum atomic E-state index is 10.9. The minimum atomic E-state index is -1.10. The van der Waals surface area contributed by atoms with Crippen LogP contribution in [0.2, 0.25) is 0 Å². The minimum absolute atomic E-state index is 0.117. The highest BCUT2D eigenvalue weighted by atomic mass is 16.5. The predicted molar refractivity (Wildman–Crippen MR) is 75.4 cm³/mol. The fraction of sp³-hybridized carbons (Fsp3) is 0.286. The van der Waals surface area contributed by atoms with Crippen LogP contribution in [0, 0.1) is 0 Å². The molecule has 112 valence electrons. The van der Waals surface area contributed by atoms with Gasteiger partial charge in [0.05, 0.1) is 7.11 Å². The number of aromatic nitrogens is 1. The summed E-state index contributed by atoms with van der Waals surface area (Å²) < 4.78 is 6.70. The summed E-state index contributed by atoms with van der Waals surface area (Å²) in [7, 11) is 1.53. The van der Waals surface area contributed by atoms with Gasteiger partial charge < -0.3 is 25.3 Å². The van der Waals surface area contributed by atoms with E-state index in [0.717, 1.165) is 5.39 Å². The monoisotopic (exact) mass is 292 g/mol. The summed E-state index contributed by atoms with van der Waals surface area (Å²) >= 11 is 0. The Morgan fingerprint density at radius 1 is 1.38 bits per heavy atom. The van der Waals surface area contributed by atoms with Gasteiger partial charge in [0.2, 0.25) is 0 Å². The summed E-state index contributed by atoms with van der Waals surface area (Å²) in [4.78, 5) is 21.8. The third kappa shape index (κ3) is 3.14. The van der Waals surface area contributed by atoms with Crippen molar-refractivity contribution in [2.75, 3.05) is 7.11 Å². The second-order valence-electron chi connectivity index (χ2n) is 4.71. The third-order valence-corrected chi connectivity index (χ3v) is 3.23. The lowest BCUT2D eigenvalue weighted by Crippen LogP contribution is -2.32. The molecule has 0 aliphatic rings. The second-order valence-corrected chi connectivity index (χ2v) is 4.71. The van der Waals surface area contributed by atoms with Crippen molar-refractivity contribution in [2.45, 2.75) is 19.0 Å². The first kappa shape index (κ1) is 14.9. The molecule has 7 nitrogen and oxygen atoms in total. The zero-order valence-electron chi connectivity index (χ0n) is 11.4. The van der Waals surface area contributed by atoms with Crippen molar-refractivity contribution >= 4 is 22.8 Å². The van der Waals surface area contributed by atoms with Crippen LogP contribution in [-0.4, -0.2) is 39.9 Å². The molecule has 4 N–H and O–H groups in total. The summed E-state index contributed by atoms with van der Waals surface area (Å²) in [5.41, 5.74) is 6.94. The van der Waals surface area contributed by atoms with Gasteiger partial charge in [-0.3, -0.25) is 9.59 Å². The van der Waals surface area contributed by atoms with Gasteiger partial charge in [-0.15, -0.1) is 0 Å². The zero-order chi connectivity index (χ0) is 15.6. The van der Waals surface area contributed by atoms with E-state index in [1.165, 1.54) is 7.11 Å². The summed E-state index contributed by atoms with van der Waals surface area (Å²) in [6, 6.07) is 4.17. The van der Waals surface area contributed by atoms with Gasteiger partial charge in [-0.25, -0.2) is 0 Å². The van der Waals surface area contributed by atoms with Gasteiger partial charge in [0.1, 0.15) is 18.3 Å². The van der Waals surface area contributed by atoms with E-state index in [4.69, 9.17) is 20.7 Å². The predicted octanol–water partition coefficient (Wildman–Crippen LogP) is 0.689. The molecule has 7 heteroatoms. The van der Waals surface area contributed by atoms with Crippen molar-refractivity contribution in [3.8, 4) is 5.75 Å². The number of fused-ring (bicyclic) bond motifs is 1. The quantitative estimate of drug-likeness (QED) is 0.721. The summed E-state index contributed by atoms with van der Waals surface area (Å²) in [5, 5.41) is 18.6. The molecule has 0 saturated heterocycles. The SMILES string of the molecule is COc1ccc2c(c1)c(C[C@H](N)C(=O)O)cn2CC(=O)O. The lowest BCUT2D eigenvalue weighted by molar-refractivity contribution is -0.139. The molecular weight excluding hydrogens is 276 g/mol. The summed E-state index contributed by atoms with van der Waals surface area (Å²) in [6.07, 6.45) is 1.74. The van der Waals surface area contributed by atoms with Gasteiger partial charge in [-0.2, -0.15) is 0 Å². The topological polar surface area (TPSA) is 115 Å². The Hall–Kier alpha value is -2.54. The number of carboxylic acids is 2. The Morgan fingerprint density at radius 2 is 2.10 bits per heavy atom. The molecule has 2 aromatic rings. The summed E-state index contributed by atoms with van der Waals surface area (Å²) in [6.45, 7) is -0.203. The molecule has 21 heavy (non-hydrogen) atoms. The standard InChI is InChI=1S/C14H16N2O5/c1-21-9-2-3-12-10(5-9)8(4-11(15)14(19)20)6-16(12)7-13(17)18/h2-3,5-6,11H,4,7,15H2,1H3,(H,17,18)(H,19,20)/t11-/m0/s1. The van der Waals surface area contributed by atoms with Crippen LogP contribution < -0.4 is 10.5 Å². The lowest BCUT2D eigenvalue weighted by Gasteiger charge is -2.05. The number of nitrogens with zero attached hydrogens (tertiary/aromatic N) is 1. The molecule has 0 spiro atoms. The average Bonchev–Trinajstić information content (AvgIpc) is 2.75. The van der Waals surface area contributed by atoms with Crippen molar-refractivity contribution in [3.63, 3.8) is 0 Å². The van der Waals surface area contributed by atoms with Crippen LogP contribution in [0.4, 0.5) is 0 Å². The number of hydrogen-bond donors (Lipinski definition) is 3. The zero-order valence-corrected chi connectivity index (χ0v) is 11.4. The first-order chi connectivity index (χ1) is 9.92. The Bertz CT molecular complexity index is 692. The normalized spacial score (nSPS) is 12.3. The fourth-order valence-corrected chi connectivity index (χ4v) is 2.24. The van der Waals surface area contributed by atoms with Gasteiger partial charge >= 0.3 is 11.9 Å². The number of benzene rings is 1. The molecule has 0 fully saturated rings. The van der Waals surface area contributed by atoms with E-state index >= 15 is 0 Å². The number of methoxy groups -OCH3 is 1. The van der Waals surface area contributed by atoms with Crippen LogP contribution in [0.5, 0.6) is 5.75 Å². The van der Waals surface area contributed by atoms with E-state index in [1.807, 2.05) is 0 Å². The van der Waals surface area contributed by atoms with Gasteiger partial charge in [0.15, 0.2) is 0 Å². The van der Waals surface area contributed by atoms with Crippen LogP contribution in [0.15, 0.2) is 24.4 Å². The molecule has 1 heterocycles. The molecule has 0 bridgehead atoms. The molecule has 1 atom stereocenters. The maximum Gasteiger partial charge on any atom is 0.323 e. The Labute approximate surface area is 120 Å². The average molecular weight is 292 g/mol. The number of carbonyl (C=O) groups is 2. The number of nitrogens with two attached hydrogens (primary N) is 1. The molecule has 1 aromatic carbocycles. The maximum absolute atomic E-state index is 10.9. The Morgan fingerprint density at radius 3 is 2.67 bits per heavy atom. The van der Waals surface area contributed by atoms with E-state index in [0.29, 0.717) is 16.8 Å². The van der Waals surface area contributed by atoms with Crippen LogP contribution in [0.1, 0.15) is 5.56 Å². The van der Waals surface area contributed by atoms with Gasteiger partial charge in [-0.1, -0.05) is 0 Å². The van der Waals surface area contributed by atoms with Crippen LogP contribution >= 0.6 is 0 Å². The van der Waals surface area contributed by atoms with E-state index < -0.39 is 18.0 Å². The van der Waals surface area contributed by atoms with Gasteiger partial charge in [-0.05, 0) is 23.8 Å². The van der Waals surface area contributed by atoms with E-state index in [2.05, 4.69) is 0 Å². The summed E-state index contributed by atoms with van der Waals surface area (Å²) in [5.74, 6) is -1.46. The highest BCUT2D eigenvalue weighted by Crippen LogP contribution is 2.27. The van der Waals surface area contributed by atoms with Crippen LogP contribution in [-0.2, 0) is 22.6 Å². The molecular formula is C14H16N2O5. The van der Waals surface area contributed by atoms with Crippen LogP contribution in [0.3, 0.4) is 0 Å². The van der Waals surface area contributed by atoms with E-state index in [1.54, 1.807) is 29.0 Å². The first-order valence-electron chi connectivity index (χ1n) is 6.28. The van der Waals surface area contributed by atoms with E-state index in [-0.39, 0.29) is 13.0 Å². The first-order valence-corrected chi connectivity index (χ1v) is 6.28. The second kappa shape index (κ2) is 5.84. The highest BCUT2D eigenvalue weighted by Gasteiger charge is 2.17. The molecule has 0 saturated carbocycles. The van der Waals surface area contributed by atoms with Gasteiger partial charge in [0.25, 0.3) is 0 Å². The van der Waals surface area contributed by atoms with Crippen molar-refractivity contribution < 1.29 is 24.5 Å². The number of ether oxygens (including phenoxy) is 1.